The molecule has 1 N–H and O–H groups in total. The van der Waals surface area contributed by atoms with E-state index >= 15 is 0 Å². The van der Waals surface area contributed by atoms with Crippen LogP contribution in [0.15, 0.2) is 29.9 Å². The van der Waals surface area contributed by atoms with Crippen LogP contribution in [0.5, 0.6) is 0 Å². The molecule has 1 fully saturated rings. The Hall–Kier alpha value is -1.21. The fourth-order valence-electron chi connectivity index (χ4n) is 2.94. The smallest absolute Gasteiger partial charge is 0.0674 e. The van der Waals surface area contributed by atoms with Gasteiger partial charge in [-0.3, -0.25) is 9.58 Å². The number of ether oxygens (including phenoxy) is 1. The van der Waals surface area contributed by atoms with Gasteiger partial charge in [-0.05, 0) is 18.4 Å². The van der Waals surface area contributed by atoms with Crippen molar-refractivity contribution in [3.05, 3.63) is 40.3 Å². The van der Waals surface area contributed by atoms with Crippen LogP contribution >= 0.6 is 11.3 Å². The largest absolute Gasteiger partial charge is 0.376 e. The van der Waals surface area contributed by atoms with E-state index < -0.39 is 0 Å². The highest BCUT2D eigenvalue weighted by atomic mass is 32.1. The lowest BCUT2D eigenvalue weighted by atomic mass is 10.1. The molecule has 0 bridgehead atoms. The fourth-order valence-corrected chi connectivity index (χ4v) is 3.80. The van der Waals surface area contributed by atoms with Crippen molar-refractivity contribution in [2.75, 3.05) is 26.2 Å². The molecule has 0 aliphatic carbocycles. The van der Waals surface area contributed by atoms with E-state index in [9.17, 15) is 0 Å². The standard InChI is InChI=1S/C16H24N4OS/c1-13-11-20(5-6-21-13)15(16-4-3-7-22-16)10-17-8-14-9-18-19(2)12-14/h3-4,7,9,12-13,15,17H,5-6,8,10-11H2,1-2H3/t13-,15-/m1/s1. The molecular formula is C16H24N4OS. The zero-order valence-corrected chi connectivity index (χ0v) is 14.1. The second-order valence-corrected chi connectivity index (χ2v) is 6.84. The Bertz CT molecular complexity index is 568. The molecule has 0 unspecified atom stereocenters. The lowest BCUT2D eigenvalue weighted by molar-refractivity contribution is -0.0339. The molecule has 0 radical (unpaired) electrons. The van der Waals surface area contributed by atoms with E-state index in [1.54, 1.807) is 0 Å². The summed E-state index contributed by atoms with van der Waals surface area (Å²) in [5.41, 5.74) is 1.22. The van der Waals surface area contributed by atoms with Gasteiger partial charge in [0.1, 0.15) is 0 Å². The van der Waals surface area contributed by atoms with Gasteiger partial charge in [0.2, 0.25) is 0 Å². The Labute approximate surface area is 135 Å². The van der Waals surface area contributed by atoms with Crippen molar-refractivity contribution in [2.24, 2.45) is 7.05 Å². The molecule has 2 aromatic heterocycles. The first-order valence-corrected chi connectivity index (χ1v) is 8.67. The highest BCUT2D eigenvalue weighted by Crippen LogP contribution is 2.26. The van der Waals surface area contributed by atoms with E-state index in [-0.39, 0.29) is 0 Å². The molecule has 0 aromatic carbocycles. The van der Waals surface area contributed by atoms with Crippen LogP contribution in [0.3, 0.4) is 0 Å². The minimum Gasteiger partial charge on any atom is -0.376 e. The van der Waals surface area contributed by atoms with Crippen molar-refractivity contribution in [3.63, 3.8) is 0 Å². The topological polar surface area (TPSA) is 42.3 Å². The number of thiophene rings is 1. The predicted molar refractivity (Wildman–Crippen MR) is 89.0 cm³/mol. The lowest BCUT2D eigenvalue weighted by Crippen LogP contribution is -2.45. The minimum absolute atomic E-state index is 0.314. The van der Waals surface area contributed by atoms with Gasteiger partial charge in [-0.25, -0.2) is 0 Å². The number of aromatic nitrogens is 2. The maximum atomic E-state index is 5.68. The van der Waals surface area contributed by atoms with Gasteiger partial charge in [0.25, 0.3) is 0 Å². The van der Waals surface area contributed by atoms with Crippen LogP contribution in [-0.2, 0) is 18.3 Å². The molecule has 1 aliphatic rings. The molecule has 0 spiro atoms. The van der Waals surface area contributed by atoms with Gasteiger partial charge in [-0.2, -0.15) is 5.10 Å². The molecule has 120 valence electrons. The second kappa shape index (κ2) is 7.37. The van der Waals surface area contributed by atoms with E-state index in [0.29, 0.717) is 12.1 Å². The first kappa shape index (κ1) is 15.7. The molecule has 3 rings (SSSR count). The maximum absolute atomic E-state index is 5.68. The average molecular weight is 320 g/mol. The van der Waals surface area contributed by atoms with Crippen LogP contribution in [0, 0.1) is 0 Å². The van der Waals surface area contributed by atoms with E-state index in [4.69, 9.17) is 4.74 Å². The van der Waals surface area contributed by atoms with Crippen molar-refractivity contribution in [3.8, 4) is 0 Å². The number of hydrogen-bond donors (Lipinski definition) is 1. The zero-order valence-electron chi connectivity index (χ0n) is 13.2. The van der Waals surface area contributed by atoms with Crippen molar-refractivity contribution in [1.29, 1.82) is 0 Å². The van der Waals surface area contributed by atoms with E-state index in [1.807, 2.05) is 29.3 Å². The molecular weight excluding hydrogens is 296 g/mol. The third kappa shape index (κ3) is 3.95. The number of aryl methyl sites for hydroxylation is 1. The van der Waals surface area contributed by atoms with Gasteiger partial charge >= 0.3 is 0 Å². The summed E-state index contributed by atoms with van der Waals surface area (Å²) in [6.45, 7) is 6.78. The summed E-state index contributed by atoms with van der Waals surface area (Å²) in [6.07, 6.45) is 4.29. The van der Waals surface area contributed by atoms with Crippen LogP contribution in [0.4, 0.5) is 0 Å². The quantitative estimate of drug-likeness (QED) is 0.884. The Kier molecular flexibility index (Phi) is 5.25. The molecule has 0 amide bonds. The number of morpholine rings is 1. The van der Waals surface area contributed by atoms with Crippen LogP contribution in [0.2, 0.25) is 0 Å². The van der Waals surface area contributed by atoms with Crippen LogP contribution in [0.1, 0.15) is 23.4 Å². The summed E-state index contributed by atoms with van der Waals surface area (Å²) < 4.78 is 7.53. The van der Waals surface area contributed by atoms with E-state index in [1.165, 1.54) is 10.4 Å². The van der Waals surface area contributed by atoms with Gasteiger partial charge in [-0.1, -0.05) is 6.07 Å². The zero-order chi connectivity index (χ0) is 15.4. The summed E-state index contributed by atoms with van der Waals surface area (Å²) in [4.78, 5) is 3.96. The minimum atomic E-state index is 0.314. The van der Waals surface area contributed by atoms with Gasteiger partial charge in [-0.15, -0.1) is 11.3 Å². The third-order valence-corrected chi connectivity index (χ3v) is 4.98. The van der Waals surface area contributed by atoms with Gasteiger partial charge in [0, 0.05) is 49.9 Å². The first-order chi connectivity index (χ1) is 10.7. The second-order valence-electron chi connectivity index (χ2n) is 5.86. The summed E-state index contributed by atoms with van der Waals surface area (Å²) in [7, 11) is 1.95. The molecule has 5 nitrogen and oxygen atoms in total. The highest BCUT2D eigenvalue weighted by Gasteiger charge is 2.25. The summed E-state index contributed by atoms with van der Waals surface area (Å²) in [6, 6.07) is 4.79. The van der Waals surface area contributed by atoms with Crippen molar-refractivity contribution in [2.45, 2.75) is 25.6 Å². The molecule has 0 saturated carbocycles. The lowest BCUT2D eigenvalue weighted by Gasteiger charge is -2.37. The molecule has 1 aliphatic heterocycles. The summed E-state index contributed by atoms with van der Waals surface area (Å²) in [5.74, 6) is 0. The van der Waals surface area contributed by atoms with Crippen molar-refractivity contribution < 1.29 is 4.74 Å². The number of nitrogens with zero attached hydrogens (tertiary/aromatic N) is 3. The summed E-state index contributed by atoms with van der Waals surface area (Å²) in [5, 5.41) is 9.96. The van der Waals surface area contributed by atoms with Crippen molar-refractivity contribution >= 4 is 11.3 Å². The Balaban J connectivity index is 1.61. The monoisotopic (exact) mass is 320 g/mol. The number of nitrogens with one attached hydrogen (secondary N) is 1. The first-order valence-electron chi connectivity index (χ1n) is 7.79. The molecule has 22 heavy (non-hydrogen) atoms. The predicted octanol–water partition coefficient (Wildman–Crippen LogP) is 2.03. The van der Waals surface area contributed by atoms with E-state index in [2.05, 4.69) is 45.9 Å². The van der Waals surface area contributed by atoms with Crippen LogP contribution in [-0.4, -0.2) is 47.0 Å². The van der Waals surface area contributed by atoms with Crippen LogP contribution < -0.4 is 5.32 Å². The molecule has 2 aromatic rings. The third-order valence-electron chi connectivity index (χ3n) is 4.01. The summed E-state index contributed by atoms with van der Waals surface area (Å²) >= 11 is 1.84. The maximum Gasteiger partial charge on any atom is 0.0674 e. The Morgan fingerprint density at radius 2 is 2.45 bits per heavy atom. The number of hydrogen-bond acceptors (Lipinski definition) is 5. The normalized spacial score (nSPS) is 21.1. The molecule has 6 heteroatoms. The SMILES string of the molecule is C[C@@H]1CN([C@H](CNCc2cnn(C)c2)c2cccs2)CCO1. The van der Waals surface area contributed by atoms with Gasteiger partial charge in [0.15, 0.2) is 0 Å². The van der Waals surface area contributed by atoms with E-state index in [0.717, 1.165) is 32.8 Å². The van der Waals surface area contributed by atoms with Crippen molar-refractivity contribution in [1.82, 2.24) is 20.0 Å². The van der Waals surface area contributed by atoms with Crippen LogP contribution in [0.25, 0.3) is 0 Å². The highest BCUT2D eigenvalue weighted by molar-refractivity contribution is 7.10. The molecule has 1 saturated heterocycles. The average Bonchev–Trinajstić information content (AvgIpc) is 3.15. The Morgan fingerprint density at radius 1 is 1.55 bits per heavy atom. The van der Waals surface area contributed by atoms with Gasteiger partial charge < -0.3 is 10.1 Å². The van der Waals surface area contributed by atoms with Gasteiger partial charge in [0.05, 0.1) is 24.9 Å². The molecule has 3 heterocycles. The Morgan fingerprint density at radius 3 is 3.14 bits per heavy atom. The fraction of sp³-hybridized carbons (Fsp3) is 0.562. The number of rotatable bonds is 6. The molecule has 2 atom stereocenters.